The van der Waals surface area contributed by atoms with Crippen molar-refractivity contribution in [3.05, 3.63) is 42.5 Å². The van der Waals surface area contributed by atoms with Crippen LogP contribution in [0.1, 0.15) is 30.9 Å². The van der Waals surface area contributed by atoms with Crippen LogP contribution in [0.3, 0.4) is 0 Å². The fourth-order valence-electron chi connectivity index (χ4n) is 1.88. The van der Waals surface area contributed by atoms with Gasteiger partial charge in [0.25, 0.3) is 0 Å². The summed E-state index contributed by atoms with van der Waals surface area (Å²) in [6.07, 6.45) is 7.58. The van der Waals surface area contributed by atoms with Crippen LogP contribution in [0.5, 0.6) is 0 Å². The monoisotopic (exact) mass is 235 g/mol. The third-order valence-corrected chi connectivity index (χ3v) is 3.58. The minimum absolute atomic E-state index is 0.462. The standard InChI is InChI=1S/C14H21NS/c1-4-5-6-10-13(15-2)12-9-7-8-11-14(12)16-3/h4,7-9,11,13,15H,1,5-6,10H2,2-3H3. The van der Waals surface area contributed by atoms with Crippen LogP contribution in [0.25, 0.3) is 0 Å². The Kier molecular flexibility index (Phi) is 6.27. The molecule has 0 heterocycles. The van der Waals surface area contributed by atoms with Crippen molar-refractivity contribution >= 4 is 11.8 Å². The Labute approximate surface area is 103 Å². The van der Waals surface area contributed by atoms with E-state index in [0.29, 0.717) is 6.04 Å². The molecule has 0 aliphatic carbocycles. The van der Waals surface area contributed by atoms with E-state index in [1.807, 2.05) is 24.9 Å². The van der Waals surface area contributed by atoms with Gasteiger partial charge in [-0.05, 0) is 44.2 Å². The quantitative estimate of drug-likeness (QED) is 0.435. The van der Waals surface area contributed by atoms with E-state index < -0.39 is 0 Å². The van der Waals surface area contributed by atoms with Crippen LogP contribution >= 0.6 is 11.8 Å². The summed E-state index contributed by atoms with van der Waals surface area (Å²) in [6.45, 7) is 3.77. The van der Waals surface area contributed by atoms with Crippen molar-refractivity contribution in [1.29, 1.82) is 0 Å². The number of unbranched alkanes of at least 4 members (excludes halogenated alkanes) is 1. The van der Waals surface area contributed by atoms with Crippen molar-refractivity contribution < 1.29 is 0 Å². The average Bonchev–Trinajstić information content (AvgIpc) is 2.35. The lowest BCUT2D eigenvalue weighted by Gasteiger charge is -2.19. The van der Waals surface area contributed by atoms with Gasteiger partial charge in [0, 0.05) is 10.9 Å². The topological polar surface area (TPSA) is 12.0 Å². The van der Waals surface area contributed by atoms with E-state index in [4.69, 9.17) is 0 Å². The van der Waals surface area contributed by atoms with Gasteiger partial charge in [0.05, 0.1) is 0 Å². The van der Waals surface area contributed by atoms with E-state index in [-0.39, 0.29) is 0 Å². The molecule has 0 saturated carbocycles. The lowest BCUT2D eigenvalue weighted by atomic mass is 10.0. The molecule has 1 rings (SSSR count). The molecular weight excluding hydrogens is 214 g/mol. The summed E-state index contributed by atoms with van der Waals surface area (Å²) in [5, 5.41) is 3.40. The molecule has 0 radical (unpaired) electrons. The lowest BCUT2D eigenvalue weighted by molar-refractivity contribution is 0.523. The molecule has 1 aromatic carbocycles. The molecule has 0 amide bonds. The molecule has 1 aromatic rings. The highest BCUT2D eigenvalue weighted by Crippen LogP contribution is 2.28. The van der Waals surface area contributed by atoms with Gasteiger partial charge in [-0.1, -0.05) is 24.3 Å². The van der Waals surface area contributed by atoms with Gasteiger partial charge in [-0.2, -0.15) is 0 Å². The summed E-state index contributed by atoms with van der Waals surface area (Å²) in [5.41, 5.74) is 1.42. The summed E-state index contributed by atoms with van der Waals surface area (Å²) < 4.78 is 0. The van der Waals surface area contributed by atoms with E-state index in [9.17, 15) is 0 Å². The van der Waals surface area contributed by atoms with Gasteiger partial charge >= 0.3 is 0 Å². The van der Waals surface area contributed by atoms with E-state index in [1.54, 1.807) is 0 Å². The molecule has 1 N–H and O–H groups in total. The van der Waals surface area contributed by atoms with Gasteiger partial charge < -0.3 is 5.32 Å². The van der Waals surface area contributed by atoms with Crippen molar-refractivity contribution in [3.8, 4) is 0 Å². The maximum Gasteiger partial charge on any atom is 0.0328 e. The summed E-state index contributed by atoms with van der Waals surface area (Å²) in [5.74, 6) is 0. The van der Waals surface area contributed by atoms with Crippen LogP contribution in [0, 0.1) is 0 Å². The summed E-state index contributed by atoms with van der Waals surface area (Å²) >= 11 is 1.82. The fraction of sp³-hybridized carbons (Fsp3) is 0.429. The maximum atomic E-state index is 3.77. The first-order valence-corrected chi connectivity index (χ1v) is 6.97. The first-order valence-electron chi connectivity index (χ1n) is 5.74. The molecule has 1 nitrogen and oxygen atoms in total. The molecule has 0 saturated heterocycles. The number of allylic oxidation sites excluding steroid dienone is 1. The number of benzene rings is 1. The van der Waals surface area contributed by atoms with Gasteiger partial charge in [0.15, 0.2) is 0 Å². The molecule has 0 aliphatic rings. The van der Waals surface area contributed by atoms with Crippen molar-refractivity contribution in [2.45, 2.75) is 30.2 Å². The number of thioether (sulfide) groups is 1. The second kappa shape index (κ2) is 7.53. The minimum atomic E-state index is 0.462. The van der Waals surface area contributed by atoms with Crippen LogP contribution in [0.15, 0.2) is 41.8 Å². The van der Waals surface area contributed by atoms with Crippen molar-refractivity contribution in [2.24, 2.45) is 0 Å². The van der Waals surface area contributed by atoms with Gasteiger partial charge in [0.1, 0.15) is 0 Å². The summed E-state index contributed by atoms with van der Waals surface area (Å²) in [4.78, 5) is 1.38. The Morgan fingerprint density at radius 2 is 2.19 bits per heavy atom. The lowest BCUT2D eigenvalue weighted by Crippen LogP contribution is -2.16. The molecule has 0 spiro atoms. The first kappa shape index (κ1) is 13.3. The zero-order valence-electron chi connectivity index (χ0n) is 10.2. The van der Waals surface area contributed by atoms with Crippen LogP contribution in [-0.4, -0.2) is 13.3 Å². The molecule has 0 aliphatic heterocycles. The van der Waals surface area contributed by atoms with Crippen molar-refractivity contribution in [1.82, 2.24) is 5.32 Å². The number of hydrogen-bond acceptors (Lipinski definition) is 2. The predicted molar refractivity (Wildman–Crippen MR) is 74.1 cm³/mol. The number of rotatable bonds is 7. The second-order valence-electron chi connectivity index (χ2n) is 3.80. The van der Waals surface area contributed by atoms with E-state index in [2.05, 4.69) is 42.4 Å². The normalized spacial score (nSPS) is 12.4. The zero-order chi connectivity index (χ0) is 11.8. The van der Waals surface area contributed by atoms with Crippen LogP contribution < -0.4 is 5.32 Å². The van der Waals surface area contributed by atoms with Gasteiger partial charge in [0.2, 0.25) is 0 Å². The molecule has 0 bridgehead atoms. The van der Waals surface area contributed by atoms with E-state index in [0.717, 1.165) is 6.42 Å². The molecular formula is C14H21NS. The minimum Gasteiger partial charge on any atom is -0.313 e. The smallest absolute Gasteiger partial charge is 0.0328 e. The molecule has 88 valence electrons. The zero-order valence-corrected chi connectivity index (χ0v) is 11.0. The fourth-order valence-corrected chi connectivity index (χ4v) is 2.54. The van der Waals surface area contributed by atoms with Crippen LogP contribution in [0.2, 0.25) is 0 Å². The molecule has 0 fully saturated rings. The van der Waals surface area contributed by atoms with Gasteiger partial charge in [-0.3, -0.25) is 0 Å². The largest absolute Gasteiger partial charge is 0.313 e. The maximum absolute atomic E-state index is 3.77. The third-order valence-electron chi connectivity index (χ3n) is 2.76. The third kappa shape index (κ3) is 3.69. The van der Waals surface area contributed by atoms with Gasteiger partial charge in [-0.25, -0.2) is 0 Å². The van der Waals surface area contributed by atoms with Crippen LogP contribution in [0.4, 0.5) is 0 Å². The van der Waals surface area contributed by atoms with E-state index >= 15 is 0 Å². The number of nitrogens with one attached hydrogen (secondary N) is 1. The molecule has 1 atom stereocenters. The van der Waals surface area contributed by atoms with Crippen LogP contribution in [-0.2, 0) is 0 Å². The Balaban J connectivity index is 2.73. The van der Waals surface area contributed by atoms with Crippen molar-refractivity contribution in [2.75, 3.05) is 13.3 Å². The molecule has 1 unspecified atom stereocenters. The average molecular weight is 235 g/mol. The Bertz CT molecular complexity index is 322. The number of hydrogen-bond donors (Lipinski definition) is 1. The molecule has 2 heteroatoms. The van der Waals surface area contributed by atoms with Crippen molar-refractivity contribution in [3.63, 3.8) is 0 Å². The highest BCUT2D eigenvalue weighted by Gasteiger charge is 2.11. The molecule has 0 aromatic heterocycles. The van der Waals surface area contributed by atoms with Gasteiger partial charge in [-0.15, -0.1) is 18.3 Å². The SMILES string of the molecule is C=CCCCC(NC)c1ccccc1SC. The highest BCUT2D eigenvalue weighted by molar-refractivity contribution is 7.98. The predicted octanol–water partition coefficient (Wildman–Crippen LogP) is 4.03. The molecule has 16 heavy (non-hydrogen) atoms. The Morgan fingerprint density at radius 1 is 1.44 bits per heavy atom. The highest BCUT2D eigenvalue weighted by atomic mass is 32.2. The van der Waals surface area contributed by atoms with E-state index in [1.165, 1.54) is 23.3 Å². The summed E-state index contributed by atoms with van der Waals surface area (Å²) in [7, 11) is 2.04. The second-order valence-corrected chi connectivity index (χ2v) is 4.65. The Hall–Kier alpha value is -0.730. The Morgan fingerprint density at radius 3 is 2.81 bits per heavy atom. The summed E-state index contributed by atoms with van der Waals surface area (Å²) in [6, 6.07) is 9.10. The first-order chi connectivity index (χ1) is 7.83.